The zero-order valence-electron chi connectivity index (χ0n) is 8.42. The topological polar surface area (TPSA) is 59.1 Å². The molecule has 2 rings (SSSR count). The Labute approximate surface area is 98.6 Å². The van der Waals surface area contributed by atoms with Gasteiger partial charge in [-0.25, -0.2) is 0 Å². The number of phenols is 1. The molecule has 0 aliphatic rings. The van der Waals surface area contributed by atoms with Crippen LogP contribution in [0.25, 0.3) is 11.1 Å². The van der Waals surface area contributed by atoms with Crippen LogP contribution in [0.3, 0.4) is 0 Å². The molecule has 0 atom stereocenters. The minimum atomic E-state index is 0.243. The average molecular weight is 230 g/mol. The lowest BCUT2D eigenvalue weighted by molar-refractivity contribution is 0.475. The van der Waals surface area contributed by atoms with Crippen molar-refractivity contribution < 1.29 is 5.11 Å². The van der Waals surface area contributed by atoms with E-state index in [9.17, 15) is 5.11 Å². The average Bonchev–Trinajstić information content (AvgIpc) is 2.30. The largest absolute Gasteiger partial charge is 0.508 e. The third kappa shape index (κ3) is 2.17. The molecule has 0 saturated carbocycles. The maximum Gasteiger partial charge on any atom is 0.122 e. The monoisotopic (exact) mass is 230 g/mol. The molecule has 0 fully saturated rings. The van der Waals surface area contributed by atoms with E-state index in [0.717, 1.165) is 11.1 Å². The van der Waals surface area contributed by atoms with Crippen molar-refractivity contribution in [3.05, 3.63) is 48.3 Å². The molecule has 1 aromatic heterocycles. The van der Waals surface area contributed by atoms with Gasteiger partial charge in [-0.15, -0.1) is 0 Å². The first-order valence-electron chi connectivity index (χ1n) is 4.72. The minimum absolute atomic E-state index is 0.243. The molecular formula is C12H10N2OS. The van der Waals surface area contributed by atoms with Crippen molar-refractivity contribution in [1.29, 1.82) is 0 Å². The summed E-state index contributed by atoms with van der Waals surface area (Å²) in [5.74, 6) is 0.243. The van der Waals surface area contributed by atoms with Crippen LogP contribution in [0.15, 0.2) is 42.6 Å². The molecule has 1 heterocycles. The van der Waals surface area contributed by atoms with E-state index in [4.69, 9.17) is 18.0 Å². The van der Waals surface area contributed by atoms with Gasteiger partial charge in [-0.05, 0) is 35.4 Å². The Bertz CT molecular complexity index is 523. The summed E-state index contributed by atoms with van der Waals surface area (Å²) in [4.78, 5) is 4.34. The van der Waals surface area contributed by atoms with Crippen LogP contribution in [0.4, 0.5) is 0 Å². The third-order valence-corrected chi connectivity index (χ3v) is 2.42. The number of thiocarbonyl (C=S) groups is 1. The summed E-state index contributed by atoms with van der Waals surface area (Å²) in [5, 5.41) is 9.19. The van der Waals surface area contributed by atoms with Crippen molar-refractivity contribution in [1.82, 2.24) is 4.98 Å². The first kappa shape index (κ1) is 10.6. The van der Waals surface area contributed by atoms with Gasteiger partial charge >= 0.3 is 0 Å². The van der Waals surface area contributed by atoms with E-state index in [1.165, 1.54) is 0 Å². The molecular weight excluding hydrogens is 220 g/mol. The van der Waals surface area contributed by atoms with Gasteiger partial charge in [-0.2, -0.15) is 0 Å². The van der Waals surface area contributed by atoms with E-state index in [2.05, 4.69) is 4.98 Å². The molecule has 0 aliphatic carbocycles. The summed E-state index contributed by atoms with van der Waals surface area (Å²) in [6.07, 6.45) is 1.66. The molecule has 0 spiro atoms. The molecule has 16 heavy (non-hydrogen) atoms. The fraction of sp³-hybridized carbons (Fsp3) is 0. The van der Waals surface area contributed by atoms with Crippen LogP contribution < -0.4 is 5.73 Å². The fourth-order valence-electron chi connectivity index (χ4n) is 1.40. The van der Waals surface area contributed by atoms with Gasteiger partial charge in [-0.3, -0.25) is 4.98 Å². The van der Waals surface area contributed by atoms with Gasteiger partial charge in [0.05, 0.1) is 5.69 Å². The number of rotatable bonds is 2. The zero-order chi connectivity index (χ0) is 11.5. The molecule has 0 aliphatic heterocycles. The van der Waals surface area contributed by atoms with Gasteiger partial charge in [0.1, 0.15) is 10.7 Å². The lowest BCUT2D eigenvalue weighted by Crippen LogP contribution is -2.11. The molecule has 3 nitrogen and oxygen atoms in total. The maximum atomic E-state index is 9.19. The van der Waals surface area contributed by atoms with Crippen LogP contribution in [-0.4, -0.2) is 15.1 Å². The van der Waals surface area contributed by atoms with E-state index in [0.29, 0.717) is 5.69 Å². The highest BCUT2D eigenvalue weighted by Gasteiger charge is 2.02. The normalized spacial score (nSPS) is 10.0. The molecule has 80 valence electrons. The predicted octanol–water partition coefficient (Wildman–Crippen LogP) is 2.09. The highest BCUT2D eigenvalue weighted by molar-refractivity contribution is 7.80. The van der Waals surface area contributed by atoms with Gasteiger partial charge in [0.2, 0.25) is 0 Å². The molecule has 3 N–H and O–H groups in total. The Morgan fingerprint density at radius 2 is 1.81 bits per heavy atom. The van der Waals surface area contributed by atoms with Crippen molar-refractivity contribution in [3.63, 3.8) is 0 Å². The molecule has 0 unspecified atom stereocenters. The second kappa shape index (κ2) is 4.28. The van der Waals surface area contributed by atoms with Crippen molar-refractivity contribution in [2.45, 2.75) is 0 Å². The smallest absolute Gasteiger partial charge is 0.122 e. The molecule has 0 bridgehead atoms. The van der Waals surface area contributed by atoms with Crippen molar-refractivity contribution in [2.24, 2.45) is 5.73 Å². The molecule has 1 aromatic carbocycles. The third-order valence-electron chi connectivity index (χ3n) is 2.21. The molecule has 0 saturated heterocycles. The second-order valence-electron chi connectivity index (χ2n) is 3.34. The number of nitrogens with zero attached hydrogens (tertiary/aromatic N) is 1. The highest BCUT2D eigenvalue weighted by atomic mass is 32.1. The summed E-state index contributed by atoms with van der Waals surface area (Å²) in [7, 11) is 0. The summed E-state index contributed by atoms with van der Waals surface area (Å²) in [5.41, 5.74) is 8.07. The SMILES string of the molecule is NC(=S)c1cc(-c2ccc(O)cc2)ccn1. The maximum absolute atomic E-state index is 9.19. The number of aromatic nitrogens is 1. The second-order valence-corrected chi connectivity index (χ2v) is 3.78. The van der Waals surface area contributed by atoms with E-state index >= 15 is 0 Å². The quantitative estimate of drug-likeness (QED) is 0.775. The number of benzene rings is 1. The molecule has 0 radical (unpaired) electrons. The van der Waals surface area contributed by atoms with Crippen LogP contribution >= 0.6 is 12.2 Å². The number of phenolic OH excluding ortho intramolecular Hbond substituents is 1. The van der Waals surface area contributed by atoms with Crippen LogP contribution in [0.2, 0.25) is 0 Å². The summed E-state index contributed by atoms with van der Waals surface area (Å²) in [6, 6.07) is 10.6. The zero-order valence-corrected chi connectivity index (χ0v) is 9.24. The highest BCUT2D eigenvalue weighted by Crippen LogP contribution is 2.21. The lowest BCUT2D eigenvalue weighted by Gasteiger charge is -2.03. The van der Waals surface area contributed by atoms with Crippen molar-refractivity contribution in [2.75, 3.05) is 0 Å². The first-order valence-corrected chi connectivity index (χ1v) is 5.13. The Morgan fingerprint density at radius 1 is 1.12 bits per heavy atom. The number of aromatic hydroxyl groups is 1. The van der Waals surface area contributed by atoms with Gasteiger partial charge in [0, 0.05) is 6.20 Å². The van der Waals surface area contributed by atoms with Gasteiger partial charge in [0.15, 0.2) is 0 Å². The van der Waals surface area contributed by atoms with Crippen molar-refractivity contribution in [3.8, 4) is 16.9 Å². The van der Waals surface area contributed by atoms with Crippen LogP contribution in [-0.2, 0) is 0 Å². The molecule has 0 amide bonds. The summed E-state index contributed by atoms with van der Waals surface area (Å²) < 4.78 is 0. The van der Waals surface area contributed by atoms with Gasteiger partial charge in [-0.1, -0.05) is 24.4 Å². The van der Waals surface area contributed by atoms with E-state index in [1.54, 1.807) is 18.3 Å². The summed E-state index contributed by atoms with van der Waals surface area (Å²) in [6.45, 7) is 0. The number of hydrogen-bond donors (Lipinski definition) is 2. The Balaban J connectivity index is 2.44. The number of nitrogens with two attached hydrogens (primary N) is 1. The summed E-state index contributed by atoms with van der Waals surface area (Å²) >= 11 is 4.87. The van der Waals surface area contributed by atoms with E-state index in [-0.39, 0.29) is 10.7 Å². The minimum Gasteiger partial charge on any atom is -0.508 e. The van der Waals surface area contributed by atoms with Crippen LogP contribution in [0, 0.1) is 0 Å². The molecule has 2 aromatic rings. The van der Waals surface area contributed by atoms with Crippen molar-refractivity contribution >= 4 is 17.2 Å². The standard InChI is InChI=1S/C12H10N2OS/c13-12(16)11-7-9(5-6-14-11)8-1-3-10(15)4-2-8/h1-7,15H,(H2,13,16). The van der Waals surface area contributed by atoms with Gasteiger partial charge < -0.3 is 10.8 Å². The fourth-order valence-corrected chi connectivity index (χ4v) is 1.51. The van der Waals surface area contributed by atoms with Gasteiger partial charge in [0.25, 0.3) is 0 Å². The van der Waals surface area contributed by atoms with E-state index < -0.39 is 0 Å². The Hall–Kier alpha value is -1.94. The predicted molar refractivity (Wildman–Crippen MR) is 67.2 cm³/mol. The van der Waals surface area contributed by atoms with E-state index in [1.807, 2.05) is 24.3 Å². The van der Waals surface area contributed by atoms with Crippen LogP contribution in [0.5, 0.6) is 5.75 Å². The Morgan fingerprint density at radius 3 is 2.44 bits per heavy atom. The Kier molecular flexibility index (Phi) is 2.83. The van der Waals surface area contributed by atoms with Crippen LogP contribution in [0.1, 0.15) is 5.69 Å². The number of pyridine rings is 1. The lowest BCUT2D eigenvalue weighted by atomic mass is 10.1. The number of hydrogen-bond acceptors (Lipinski definition) is 3. The first-order chi connectivity index (χ1) is 7.66. The molecule has 4 heteroatoms.